The van der Waals surface area contributed by atoms with Gasteiger partial charge in [-0.05, 0) is 37.6 Å². The lowest BCUT2D eigenvalue weighted by Gasteiger charge is -2.31. The van der Waals surface area contributed by atoms with E-state index in [1.807, 2.05) is 54.6 Å². The first kappa shape index (κ1) is 25.3. The highest BCUT2D eigenvalue weighted by Crippen LogP contribution is 2.43. The van der Waals surface area contributed by atoms with Crippen LogP contribution in [0, 0.1) is 0 Å². The number of pyridine rings is 1. The van der Waals surface area contributed by atoms with Crippen LogP contribution in [0.5, 0.6) is 5.75 Å². The van der Waals surface area contributed by atoms with Gasteiger partial charge in [-0.2, -0.15) is 0 Å². The van der Waals surface area contributed by atoms with Crippen molar-refractivity contribution in [2.24, 2.45) is 0 Å². The van der Waals surface area contributed by atoms with Crippen LogP contribution in [-0.4, -0.2) is 24.3 Å². The number of dihydropyridines is 1. The van der Waals surface area contributed by atoms with Crippen LogP contribution in [0.3, 0.4) is 0 Å². The van der Waals surface area contributed by atoms with Gasteiger partial charge in [-0.25, -0.2) is 14.6 Å². The minimum absolute atomic E-state index is 0.217. The summed E-state index contributed by atoms with van der Waals surface area (Å²) in [5.41, 5.74) is 2.74. The maximum Gasteiger partial charge on any atom is 0.513 e. The SMILES string of the molecule is COC(=O)OC1=C(C)NC(C)=C(OC(=O)Nc2ccccn2)C1c1ccccc1OCc1ccccc1. The summed E-state index contributed by atoms with van der Waals surface area (Å²) in [5, 5.41) is 5.73. The van der Waals surface area contributed by atoms with Crippen molar-refractivity contribution in [1.82, 2.24) is 10.3 Å². The number of carbonyl (C=O) groups excluding carboxylic acids is 2. The Balaban J connectivity index is 1.70. The van der Waals surface area contributed by atoms with Gasteiger partial charge in [0.05, 0.1) is 18.5 Å². The van der Waals surface area contributed by atoms with Gasteiger partial charge in [0.2, 0.25) is 0 Å². The van der Waals surface area contributed by atoms with E-state index in [0.717, 1.165) is 5.56 Å². The molecule has 4 rings (SSSR count). The molecule has 2 N–H and O–H groups in total. The molecule has 190 valence electrons. The number of anilines is 1. The Morgan fingerprint density at radius 1 is 0.892 bits per heavy atom. The number of para-hydroxylation sites is 1. The zero-order chi connectivity index (χ0) is 26.2. The Morgan fingerprint density at radius 3 is 2.27 bits per heavy atom. The molecule has 0 fully saturated rings. The smallest absolute Gasteiger partial charge is 0.489 e. The Hall–Kier alpha value is -4.79. The average molecular weight is 502 g/mol. The number of carbonyl (C=O) groups is 2. The minimum atomic E-state index is -0.902. The first-order valence-corrected chi connectivity index (χ1v) is 11.6. The second kappa shape index (κ2) is 11.8. The molecule has 2 aromatic carbocycles. The van der Waals surface area contributed by atoms with Gasteiger partial charge in [-0.3, -0.25) is 5.32 Å². The molecule has 1 atom stereocenters. The van der Waals surface area contributed by atoms with Crippen molar-refractivity contribution >= 4 is 18.1 Å². The second-order valence-corrected chi connectivity index (χ2v) is 8.13. The highest BCUT2D eigenvalue weighted by Gasteiger charge is 2.37. The first-order valence-electron chi connectivity index (χ1n) is 11.6. The van der Waals surface area contributed by atoms with Gasteiger partial charge in [-0.15, -0.1) is 0 Å². The van der Waals surface area contributed by atoms with Gasteiger partial charge < -0.3 is 24.3 Å². The summed E-state index contributed by atoms with van der Waals surface area (Å²) in [6.45, 7) is 3.84. The number of benzene rings is 2. The first-order chi connectivity index (χ1) is 18.0. The molecule has 0 saturated heterocycles. The fourth-order valence-corrected chi connectivity index (χ4v) is 3.89. The van der Waals surface area contributed by atoms with Crippen LogP contribution >= 0.6 is 0 Å². The summed E-state index contributed by atoms with van der Waals surface area (Å²) in [7, 11) is 1.22. The zero-order valence-corrected chi connectivity index (χ0v) is 20.7. The van der Waals surface area contributed by atoms with Gasteiger partial charge in [0.15, 0.2) is 0 Å². The number of rotatable bonds is 7. The van der Waals surface area contributed by atoms with Crippen LogP contribution in [0.15, 0.2) is 102 Å². The number of hydrogen-bond donors (Lipinski definition) is 2. The van der Waals surface area contributed by atoms with Crippen molar-refractivity contribution in [3.8, 4) is 5.75 Å². The van der Waals surface area contributed by atoms with Crippen LogP contribution in [-0.2, 0) is 20.8 Å². The molecule has 37 heavy (non-hydrogen) atoms. The number of hydrogen-bond acceptors (Lipinski definition) is 8. The van der Waals surface area contributed by atoms with Gasteiger partial charge in [0.1, 0.15) is 35.6 Å². The molecule has 0 radical (unpaired) electrons. The quantitative estimate of drug-likeness (QED) is 0.389. The van der Waals surface area contributed by atoms with Crippen LogP contribution in [0.2, 0.25) is 0 Å². The third-order valence-corrected chi connectivity index (χ3v) is 5.56. The molecule has 1 unspecified atom stereocenters. The summed E-state index contributed by atoms with van der Waals surface area (Å²) < 4.78 is 22.3. The highest BCUT2D eigenvalue weighted by atomic mass is 16.7. The van der Waals surface area contributed by atoms with Gasteiger partial charge in [-0.1, -0.05) is 54.6 Å². The molecule has 3 aromatic rings. The van der Waals surface area contributed by atoms with Crippen molar-refractivity contribution < 1.29 is 28.5 Å². The number of nitrogens with zero attached hydrogens (tertiary/aromatic N) is 1. The normalized spacial score (nSPS) is 14.9. The van der Waals surface area contributed by atoms with E-state index in [1.165, 1.54) is 7.11 Å². The number of ether oxygens (including phenoxy) is 4. The Kier molecular flexibility index (Phi) is 8.05. The summed E-state index contributed by atoms with van der Waals surface area (Å²) in [6.07, 6.45) is -0.0972. The molecule has 0 aliphatic carbocycles. The zero-order valence-electron chi connectivity index (χ0n) is 20.7. The molecule has 1 amide bonds. The molecule has 0 spiro atoms. The maximum atomic E-state index is 12.9. The van der Waals surface area contributed by atoms with Crippen LogP contribution < -0.4 is 15.4 Å². The number of methoxy groups -OCH3 is 1. The van der Waals surface area contributed by atoms with E-state index in [2.05, 4.69) is 15.6 Å². The van der Waals surface area contributed by atoms with E-state index in [9.17, 15) is 9.59 Å². The standard InChI is InChI=1S/C28H27N3O6/c1-18-25(36-27(32)31-23-15-9-10-16-29-23)24(26(19(2)30-18)37-28(33)34-3)21-13-7-8-14-22(21)35-17-20-11-5-4-6-12-20/h4-16,24,30H,17H2,1-3H3,(H,29,31,32). The Bertz CT molecular complexity index is 1320. The van der Waals surface area contributed by atoms with Crippen molar-refractivity contribution in [2.45, 2.75) is 26.4 Å². The van der Waals surface area contributed by atoms with Crippen molar-refractivity contribution in [3.05, 3.63) is 113 Å². The molecule has 1 aliphatic rings. The molecule has 0 saturated carbocycles. The van der Waals surface area contributed by atoms with E-state index < -0.39 is 18.2 Å². The van der Waals surface area contributed by atoms with Crippen molar-refractivity contribution in [2.75, 3.05) is 12.4 Å². The lowest BCUT2D eigenvalue weighted by Crippen LogP contribution is -2.30. The average Bonchev–Trinajstić information content (AvgIpc) is 2.91. The number of aromatic nitrogens is 1. The van der Waals surface area contributed by atoms with E-state index in [4.69, 9.17) is 18.9 Å². The molecular weight excluding hydrogens is 474 g/mol. The summed E-state index contributed by atoms with van der Waals surface area (Å²) in [4.78, 5) is 29.1. The third-order valence-electron chi connectivity index (χ3n) is 5.56. The van der Waals surface area contributed by atoms with Crippen LogP contribution in [0.25, 0.3) is 0 Å². The molecule has 9 heteroatoms. The lowest BCUT2D eigenvalue weighted by atomic mass is 9.90. The van der Waals surface area contributed by atoms with Gasteiger partial charge in [0.25, 0.3) is 0 Å². The van der Waals surface area contributed by atoms with Crippen LogP contribution in [0.4, 0.5) is 15.4 Å². The highest BCUT2D eigenvalue weighted by molar-refractivity contribution is 5.84. The van der Waals surface area contributed by atoms with Gasteiger partial charge in [0, 0.05) is 11.8 Å². The largest absolute Gasteiger partial charge is 0.513 e. The number of amides is 1. The molecule has 0 bridgehead atoms. The van der Waals surface area contributed by atoms with E-state index >= 15 is 0 Å². The Morgan fingerprint density at radius 2 is 1.57 bits per heavy atom. The minimum Gasteiger partial charge on any atom is -0.489 e. The molecule has 2 heterocycles. The lowest BCUT2D eigenvalue weighted by molar-refractivity contribution is 0.0890. The van der Waals surface area contributed by atoms with Crippen molar-refractivity contribution in [3.63, 3.8) is 0 Å². The fourth-order valence-electron chi connectivity index (χ4n) is 3.89. The van der Waals surface area contributed by atoms with Crippen molar-refractivity contribution in [1.29, 1.82) is 0 Å². The summed E-state index contributed by atoms with van der Waals surface area (Å²) >= 11 is 0. The van der Waals surface area contributed by atoms with E-state index in [-0.39, 0.29) is 11.5 Å². The van der Waals surface area contributed by atoms with E-state index in [0.29, 0.717) is 35.1 Å². The van der Waals surface area contributed by atoms with Crippen LogP contribution in [0.1, 0.15) is 30.9 Å². The topological polar surface area (TPSA) is 108 Å². The Labute approximate surface area is 214 Å². The maximum absolute atomic E-state index is 12.9. The summed E-state index contributed by atoms with van der Waals surface area (Å²) in [6, 6.07) is 22.2. The molecule has 9 nitrogen and oxygen atoms in total. The van der Waals surface area contributed by atoms with Gasteiger partial charge >= 0.3 is 12.2 Å². The number of nitrogens with one attached hydrogen (secondary N) is 2. The third kappa shape index (κ3) is 6.26. The summed E-state index contributed by atoms with van der Waals surface area (Å²) in [5.74, 6) is 0.524. The predicted octanol–water partition coefficient (Wildman–Crippen LogP) is 5.84. The second-order valence-electron chi connectivity index (χ2n) is 8.13. The molecule has 1 aliphatic heterocycles. The predicted molar refractivity (Wildman–Crippen MR) is 136 cm³/mol. The van der Waals surface area contributed by atoms with E-state index in [1.54, 1.807) is 38.2 Å². The monoisotopic (exact) mass is 501 g/mol. The molecular formula is C28H27N3O6. The molecule has 1 aromatic heterocycles. The fraction of sp³-hybridized carbons (Fsp3) is 0.179. The number of allylic oxidation sites excluding steroid dienone is 2.